The zero-order chi connectivity index (χ0) is 13.5. The van der Waals surface area contributed by atoms with Crippen molar-refractivity contribution in [1.29, 1.82) is 5.26 Å². The molecule has 0 radical (unpaired) electrons. The van der Waals surface area contributed by atoms with Crippen molar-refractivity contribution in [2.24, 2.45) is 0 Å². The van der Waals surface area contributed by atoms with Crippen LogP contribution in [0.2, 0.25) is 0 Å². The van der Waals surface area contributed by atoms with Gasteiger partial charge in [-0.1, -0.05) is 19.1 Å². The standard InChI is InChI=1S/C15H16N2OS/c1-2-7-18-15-6-4-3-5-14(15)17-10-13-8-12(9-16)11-19-13/h3-6,8,11,17H,2,7,10H2,1H3. The number of hydrogen-bond acceptors (Lipinski definition) is 4. The van der Waals surface area contributed by atoms with Gasteiger partial charge in [0.2, 0.25) is 0 Å². The summed E-state index contributed by atoms with van der Waals surface area (Å²) in [6.45, 7) is 3.51. The molecule has 1 N–H and O–H groups in total. The normalized spacial score (nSPS) is 9.89. The van der Waals surface area contributed by atoms with E-state index in [1.807, 2.05) is 35.7 Å². The highest BCUT2D eigenvalue weighted by Gasteiger charge is 2.03. The fourth-order valence-corrected chi connectivity index (χ4v) is 2.41. The minimum atomic E-state index is 0.707. The van der Waals surface area contributed by atoms with Crippen molar-refractivity contribution in [3.8, 4) is 11.8 Å². The third kappa shape index (κ3) is 3.73. The fraction of sp³-hybridized carbons (Fsp3) is 0.267. The van der Waals surface area contributed by atoms with Crippen LogP contribution < -0.4 is 10.1 Å². The van der Waals surface area contributed by atoms with Crippen LogP contribution in [0.15, 0.2) is 35.7 Å². The Hall–Kier alpha value is -1.99. The molecule has 2 aromatic rings. The van der Waals surface area contributed by atoms with Crippen molar-refractivity contribution in [2.45, 2.75) is 19.9 Å². The monoisotopic (exact) mass is 272 g/mol. The molecule has 0 spiro atoms. The first kappa shape index (κ1) is 13.4. The van der Waals surface area contributed by atoms with E-state index in [2.05, 4.69) is 18.3 Å². The van der Waals surface area contributed by atoms with Gasteiger partial charge in [-0.25, -0.2) is 0 Å². The highest BCUT2D eigenvalue weighted by molar-refractivity contribution is 7.10. The minimum absolute atomic E-state index is 0.707. The predicted molar refractivity (Wildman–Crippen MR) is 78.6 cm³/mol. The maximum absolute atomic E-state index is 8.79. The first-order valence-corrected chi connectivity index (χ1v) is 7.14. The van der Waals surface area contributed by atoms with Crippen molar-refractivity contribution in [2.75, 3.05) is 11.9 Å². The number of anilines is 1. The molecule has 0 bridgehead atoms. The van der Waals surface area contributed by atoms with Gasteiger partial charge in [0.15, 0.2) is 0 Å². The molecule has 2 rings (SSSR count). The van der Waals surface area contributed by atoms with Gasteiger partial charge in [-0.15, -0.1) is 11.3 Å². The Kier molecular flexibility index (Phi) is 4.82. The molecule has 0 saturated carbocycles. The lowest BCUT2D eigenvalue weighted by atomic mass is 10.3. The van der Waals surface area contributed by atoms with Crippen LogP contribution in [0.4, 0.5) is 5.69 Å². The summed E-state index contributed by atoms with van der Waals surface area (Å²) in [4.78, 5) is 1.14. The molecule has 4 heteroatoms. The molecule has 0 aliphatic heterocycles. The second-order valence-electron chi connectivity index (χ2n) is 4.11. The molecule has 0 atom stereocenters. The molecule has 0 fully saturated rings. The lowest BCUT2D eigenvalue weighted by Crippen LogP contribution is -2.02. The number of nitriles is 1. The van der Waals surface area contributed by atoms with Gasteiger partial charge in [-0.2, -0.15) is 5.26 Å². The lowest BCUT2D eigenvalue weighted by molar-refractivity contribution is 0.319. The average molecular weight is 272 g/mol. The van der Waals surface area contributed by atoms with Crippen LogP contribution in [0.5, 0.6) is 5.75 Å². The van der Waals surface area contributed by atoms with Crippen molar-refractivity contribution in [3.63, 3.8) is 0 Å². The number of benzene rings is 1. The molecule has 1 aromatic heterocycles. The summed E-state index contributed by atoms with van der Waals surface area (Å²) in [5, 5.41) is 14.0. The van der Waals surface area contributed by atoms with E-state index in [9.17, 15) is 0 Å². The topological polar surface area (TPSA) is 45.0 Å². The van der Waals surface area contributed by atoms with Crippen LogP contribution in [-0.2, 0) is 6.54 Å². The Bertz CT molecular complexity index is 572. The van der Waals surface area contributed by atoms with Gasteiger partial charge in [-0.05, 0) is 24.6 Å². The SMILES string of the molecule is CCCOc1ccccc1NCc1cc(C#N)cs1. The van der Waals surface area contributed by atoms with Crippen LogP contribution in [-0.4, -0.2) is 6.61 Å². The van der Waals surface area contributed by atoms with Gasteiger partial charge in [0.1, 0.15) is 11.8 Å². The maximum atomic E-state index is 8.79. The van der Waals surface area contributed by atoms with E-state index >= 15 is 0 Å². The Morgan fingerprint density at radius 2 is 2.21 bits per heavy atom. The van der Waals surface area contributed by atoms with E-state index in [4.69, 9.17) is 10.00 Å². The molecule has 1 aromatic carbocycles. The first-order chi connectivity index (χ1) is 9.33. The minimum Gasteiger partial charge on any atom is -0.491 e. The summed E-state index contributed by atoms with van der Waals surface area (Å²) in [6, 6.07) is 12.0. The molecule has 19 heavy (non-hydrogen) atoms. The number of ether oxygens (including phenoxy) is 1. The molecule has 0 saturated heterocycles. The van der Waals surface area contributed by atoms with Crippen molar-refractivity contribution >= 4 is 17.0 Å². The summed E-state index contributed by atoms with van der Waals surface area (Å²) >= 11 is 1.59. The molecule has 0 amide bonds. The summed E-state index contributed by atoms with van der Waals surface area (Å²) in [7, 11) is 0. The molecule has 0 aliphatic carbocycles. The van der Waals surface area contributed by atoms with E-state index in [0.717, 1.165) is 34.9 Å². The van der Waals surface area contributed by atoms with E-state index in [1.54, 1.807) is 11.3 Å². The van der Waals surface area contributed by atoms with Gasteiger partial charge in [0.25, 0.3) is 0 Å². The molecule has 98 valence electrons. The van der Waals surface area contributed by atoms with Gasteiger partial charge in [0.05, 0.1) is 17.9 Å². The maximum Gasteiger partial charge on any atom is 0.142 e. The van der Waals surface area contributed by atoms with Crippen molar-refractivity contribution < 1.29 is 4.74 Å². The van der Waals surface area contributed by atoms with Gasteiger partial charge in [0, 0.05) is 16.8 Å². The predicted octanol–water partition coefficient (Wildman–Crippen LogP) is 4.02. The first-order valence-electron chi connectivity index (χ1n) is 6.26. The second kappa shape index (κ2) is 6.81. The van der Waals surface area contributed by atoms with E-state index < -0.39 is 0 Å². The number of hydrogen-bond donors (Lipinski definition) is 1. The third-order valence-corrected chi connectivity index (χ3v) is 3.52. The van der Waals surface area contributed by atoms with Gasteiger partial charge >= 0.3 is 0 Å². The largest absolute Gasteiger partial charge is 0.491 e. The van der Waals surface area contributed by atoms with Gasteiger partial charge < -0.3 is 10.1 Å². The summed E-state index contributed by atoms with van der Waals surface area (Å²) in [5.41, 5.74) is 1.71. The number of para-hydroxylation sites is 2. The fourth-order valence-electron chi connectivity index (χ4n) is 1.66. The number of nitrogens with one attached hydrogen (secondary N) is 1. The molecular weight excluding hydrogens is 256 g/mol. The van der Waals surface area contributed by atoms with E-state index in [1.165, 1.54) is 0 Å². The lowest BCUT2D eigenvalue weighted by Gasteiger charge is -2.12. The van der Waals surface area contributed by atoms with Crippen LogP contribution >= 0.6 is 11.3 Å². The van der Waals surface area contributed by atoms with E-state index in [0.29, 0.717) is 6.54 Å². The van der Waals surface area contributed by atoms with Crippen LogP contribution in [0.3, 0.4) is 0 Å². The summed E-state index contributed by atoms with van der Waals surface area (Å²) in [6.07, 6.45) is 0.991. The zero-order valence-corrected chi connectivity index (χ0v) is 11.7. The Balaban J connectivity index is 2.00. The molecule has 3 nitrogen and oxygen atoms in total. The van der Waals surface area contributed by atoms with Gasteiger partial charge in [-0.3, -0.25) is 0 Å². The molecule has 0 unspecified atom stereocenters. The second-order valence-corrected chi connectivity index (χ2v) is 5.11. The van der Waals surface area contributed by atoms with Crippen molar-refractivity contribution in [3.05, 3.63) is 46.2 Å². The summed E-state index contributed by atoms with van der Waals surface area (Å²) < 4.78 is 5.69. The van der Waals surface area contributed by atoms with Crippen LogP contribution in [0.1, 0.15) is 23.8 Å². The van der Waals surface area contributed by atoms with Crippen molar-refractivity contribution in [1.82, 2.24) is 0 Å². The quantitative estimate of drug-likeness (QED) is 0.863. The molecule has 0 aliphatic rings. The third-order valence-electron chi connectivity index (χ3n) is 2.58. The highest BCUT2D eigenvalue weighted by Crippen LogP contribution is 2.25. The highest BCUT2D eigenvalue weighted by atomic mass is 32.1. The van der Waals surface area contributed by atoms with E-state index in [-0.39, 0.29) is 0 Å². The number of thiophene rings is 1. The zero-order valence-electron chi connectivity index (χ0n) is 10.8. The number of rotatable bonds is 6. The Morgan fingerprint density at radius 3 is 2.95 bits per heavy atom. The Labute approximate surface area is 117 Å². The van der Waals surface area contributed by atoms with Crippen LogP contribution in [0, 0.1) is 11.3 Å². The Morgan fingerprint density at radius 1 is 1.37 bits per heavy atom. The smallest absolute Gasteiger partial charge is 0.142 e. The molecule has 1 heterocycles. The van der Waals surface area contributed by atoms with Crippen LogP contribution in [0.25, 0.3) is 0 Å². The summed E-state index contributed by atoms with van der Waals surface area (Å²) in [5.74, 6) is 0.876. The average Bonchev–Trinajstić information content (AvgIpc) is 2.91. The number of nitrogens with zero attached hydrogens (tertiary/aromatic N) is 1. The molecular formula is C15H16N2OS.